The number of hydrogen-bond acceptors (Lipinski definition) is 2. The number of alkyl halides is 1. The van der Waals surface area contributed by atoms with Gasteiger partial charge in [0.1, 0.15) is 11.3 Å². The second-order valence-corrected chi connectivity index (χ2v) is 5.88. The van der Waals surface area contributed by atoms with Crippen molar-refractivity contribution in [2.75, 3.05) is 0 Å². The van der Waals surface area contributed by atoms with Gasteiger partial charge in [-0.05, 0) is 40.9 Å². The minimum atomic E-state index is 0.240. The minimum Gasteiger partial charge on any atom is -0.460 e. The molecule has 2 aromatic heterocycles. The predicted octanol–water partition coefficient (Wildman–Crippen LogP) is 5.17. The van der Waals surface area contributed by atoms with Crippen LogP contribution in [0.5, 0.6) is 0 Å². The molecule has 0 aliphatic heterocycles. The van der Waals surface area contributed by atoms with Gasteiger partial charge in [0.15, 0.2) is 0 Å². The highest BCUT2D eigenvalue weighted by Crippen LogP contribution is 2.32. The van der Waals surface area contributed by atoms with Gasteiger partial charge in [-0.25, -0.2) is 0 Å². The van der Waals surface area contributed by atoms with E-state index in [1.807, 2.05) is 18.2 Å². The van der Waals surface area contributed by atoms with E-state index in [0.717, 1.165) is 23.2 Å². The highest BCUT2D eigenvalue weighted by Gasteiger charge is 2.13. The predicted molar refractivity (Wildman–Crippen MR) is 75.9 cm³/mol. The molecule has 0 radical (unpaired) electrons. The van der Waals surface area contributed by atoms with E-state index in [4.69, 9.17) is 4.42 Å². The SMILES string of the molecule is BrC(Cc1ccsc1)c1cc2ccccc2o1. The molecular formula is C14H11BrOS. The quantitative estimate of drug-likeness (QED) is 0.608. The summed E-state index contributed by atoms with van der Waals surface area (Å²) in [5.41, 5.74) is 2.30. The molecule has 1 atom stereocenters. The molecule has 1 aromatic carbocycles. The van der Waals surface area contributed by atoms with Crippen LogP contribution in [0.15, 0.2) is 51.6 Å². The first kappa shape index (κ1) is 11.1. The van der Waals surface area contributed by atoms with Crippen LogP contribution in [0.3, 0.4) is 0 Å². The van der Waals surface area contributed by atoms with Crippen molar-refractivity contribution in [1.82, 2.24) is 0 Å². The Labute approximate surface area is 112 Å². The summed E-state index contributed by atoms with van der Waals surface area (Å²) in [7, 11) is 0. The Morgan fingerprint density at radius 2 is 2.12 bits per heavy atom. The molecule has 0 amide bonds. The molecule has 3 heteroatoms. The second kappa shape index (κ2) is 4.67. The Morgan fingerprint density at radius 3 is 2.88 bits per heavy atom. The normalized spacial score (nSPS) is 13.0. The Morgan fingerprint density at radius 1 is 1.24 bits per heavy atom. The van der Waals surface area contributed by atoms with Gasteiger partial charge in [0.05, 0.1) is 4.83 Å². The van der Waals surface area contributed by atoms with Gasteiger partial charge in [-0.15, -0.1) is 0 Å². The van der Waals surface area contributed by atoms with Gasteiger partial charge >= 0.3 is 0 Å². The zero-order valence-corrected chi connectivity index (χ0v) is 11.5. The van der Waals surface area contributed by atoms with Crippen molar-refractivity contribution in [1.29, 1.82) is 0 Å². The van der Waals surface area contributed by atoms with Gasteiger partial charge in [0.25, 0.3) is 0 Å². The van der Waals surface area contributed by atoms with Crippen LogP contribution in [0.1, 0.15) is 16.2 Å². The third kappa shape index (κ3) is 2.31. The highest BCUT2D eigenvalue weighted by molar-refractivity contribution is 9.09. The average molecular weight is 307 g/mol. The number of hydrogen-bond donors (Lipinski definition) is 0. The van der Waals surface area contributed by atoms with Crippen molar-refractivity contribution in [2.24, 2.45) is 0 Å². The topological polar surface area (TPSA) is 13.1 Å². The highest BCUT2D eigenvalue weighted by atomic mass is 79.9. The minimum absolute atomic E-state index is 0.240. The fourth-order valence-corrected chi connectivity index (χ4v) is 3.15. The summed E-state index contributed by atoms with van der Waals surface area (Å²) in [6.45, 7) is 0. The zero-order chi connectivity index (χ0) is 11.7. The number of para-hydroxylation sites is 1. The first-order valence-corrected chi connectivity index (χ1v) is 7.32. The van der Waals surface area contributed by atoms with E-state index in [2.05, 4.69) is 44.9 Å². The van der Waals surface area contributed by atoms with Crippen molar-refractivity contribution in [3.05, 3.63) is 58.5 Å². The molecule has 86 valence electrons. The Bertz CT molecular complexity index is 579. The number of rotatable bonds is 3. The fourth-order valence-electron chi connectivity index (χ4n) is 1.87. The molecule has 0 spiro atoms. The fraction of sp³-hybridized carbons (Fsp3) is 0.143. The molecule has 0 fully saturated rings. The molecule has 1 nitrogen and oxygen atoms in total. The van der Waals surface area contributed by atoms with Crippen molar-refractivity contribution < 1.29 is 4.42 Å². The van der Waals surface area contributed by atoms with Crippen LogP contribution in [-0.4, -0.2) is 0 Å². The number of fused-ring (bicyclic) bond motifs is 1. The molecule has 0 saturated heterocycles. The van der Waals surface area contributed by atoms with Crippen molar-refractivity contribution >= 4 is 38.2 Å². The lowest BCUT2D eigenvalue weighted by atomic mass is 10.1. The lowest BCUT2D eigenvalue weighted by Crippen LogP contribution is -1.91. The van der Waals surface area contributed by atoms with Gasteiger partial charge in [-0.3, -0.25) is 0 Å². The zero-order valence-electron chi connectivity index (χ0n) is 9.10. The third-order valence-electron chi connectivity index (χ3n) is 2.75. The summed E-state index contributed by atoms with van der Waals surface area (Å²) in [5, 5.41) is 5.45. The van der Waals surface area contributed by atoms with Crippen molar-refractivity contribution in [3.8, 4) is 0 Å². The summed E-state index contributed by atoms with van der Waals surface area (Å²) in [5.74, 6) is 0.998. The lowest BCUT2D eigenvalue weighted by molar-refractivity contribution is 0.546. The monoisotopic (exact) mass is 306 g/mol. The molecule has 3 rings (SSSR count). The summed E-state index contributed by atoms with van der Waals surface area (Å²) >= 11 is 5.43. The van der Waals surface area contributed by atoms with Crippen LogP contribution in [0.2, 0.25) is 0 Å². The smallest absolute Gasteiger partial charge is 0.134 e. The molecule has 17 heavy (non-hydrogen) atoms. The Kier molecular flexibility index (Phi) is 3.04. The maximum Gasteiger partial charge on any atom is 0.134 e. The maximum absolute atomic E-state index is 5.84. The molecule has 0 bridgehead atoms. The van der Waals surface area contributed by atoms with Crippen LogP contribution in [0, 0.1) is 0 Å². The van der Waals surface area contributed by atoms with Gasteiger partial charge in [0.2, 0.25) is 0 Å². The number of benzene rings is 1. The lowest BCUT2D eigenvalue weighted by Gasteiger charge is -2.04. The summed E-state index contributed by atoms with van der Waals surface area (Å²) in [6.07, 6.45) is 0.962. The van der Waals surface area contributed by atoms with Crippen LogP contribution < -0.4 is 0 Å². The summed E-state index contributed by atoms with van der Waals surface area (Å²) in [4.78, 5) is 0.240. The molecule has 0 aliphatic carbocycles. The maximum atomic E-state index is 5.84. The Balaban J connectivity index is 1.88. The van der Waals surface area contributed by atoms with Crippen LogP contribution in [0.4, 0.5) is 0 Å². The average Bonchev–Trinajstić information content (AvgIpc) is 2.96. The van der Waals surface area contributed by atoms with E-state index in [1.165, 1.54) is 5.56 Å². The van der Waals surface area contributed by atoms with Gasteiger partial charge in [-0.2, -0.15) is 11.3 Å². The van der Waals surface area contributed by atoms with Gasteiger partial charge in [0, 0.05) is 5.39 Å². The van der Waals surface area contributed by atoms with E-state index in [0.29, 0.717) is 0 Å². The van der Waals surface area contributed by atoms with E-state index >= 15 is 0 Å². The van der Waals surface area contributed by atoms with Gasteiger partial charge < -0.3 is 4.42 Å². The largest absolute Gasteiger partial charge is 0.460 e. The van der Waals surface area contributed by atoms with E-state index in [1.54, 1.807) is 11.3 Å². The molecule has 2 heterocycles. The van der Waals surface area contributed by atoms with E-state index < -0.39 is 0 Å². The number of thiophene rings is 1. The van der Waals surface area contributed by atoms with E-state index in [-0.39, 0.29) is 4.83 Å². The summed E-state index contributed by atoms with van der Waals surface area (Å²) in [6, 6.07) is 12.4. The second-order valence-electron chi connectivity index (χ2n) is 3.99. The van der Waals surface area contributed by atoms with Gasteiger partial charge in [-0.1, -0.05) is 34.1 Å². The first-order valence-electron chi connectivity index (χ1n) is 5.46. The number of furan rings is 1. The molecule has 1 unspecified atom stereocenters. The molecule has 0 aliphatic rings. The van der Waals surface area contributed by atoms with Crippen LogP contribution >= 0.6 is 27.3 Å². The summed E-state index contributed by atoms with van der Waals surface area (Å²) < 4.78 is 5.84. The standard InChI is InChI=1S/C14H11BrOS/c15-12(7-10-5-6-17-9-10)14-8-11-3-1-2-4-13(11)16-14/h1-6,8-9,12H,7H2. The Hall–Kier alpha value is -1.06. The first-order chi connectivity index (χ1) is 8.33. The van der Waals surface area contributed by atoms with Crippen molar-refractivity contribution in [3.63, 3.8) is 0 Å². The van der Waals surface area contributed by atoms with Crippen LogP contribution in [0.25, 0.3) is 11.0 Å². The molecular weight excluding hydrogens is 296 g/mol. The third-order valence-corrected chi connectivity index (χ3v) is 4.26. The van der Waals surface area contributed by atoms with E-state index in [9.17, 15) is 0 Å². The molecule has 0 N–H and O–H groups in total. The number of halogens is 1. The molecule has 3 aromatic rings. The molecule has 0 saturated carbocycles. The van der Waals surface area contributed by atoms with Crippen molar-refractivity contribution in [2.45, 2.75) is 11.2 Å². The van der Waals surface area contributed by atoms with Crippen LogP contribution in [-0.2, 0) is 6.42 Å².